The predicted octanol–water partition coefficient (Wildman–Crippen LogP) is 3.75. The van der Waals surface area contributed by atoms with Crippen LogP contribution in [0.15, 0.2) is 5.38 Å². The summed E-state index contributed by atoms with van der Waals surface area (Å²) in [5.74, 6) is -0.205. The molecule has 5 heteroatoms. The van der Waals surface area contributed by atoms with Crippen LogP contribution < -0.4 is 4.90 Å². The zero-order valence-corrected chi connectivity index (χ0v) is 14.5. The van der Waals surface area contributed by atoms with Gasteiger partial charge in [0.2, 0.25) is 0 Å². The van der Waals surface area contributed by atoms with Gasteiger partial charge in [0.1, 0.15) is 5.41 Å². The van der Waals surface area contributed by atoms with Crippen molar-refractivity contribution in [3.63, 3.8) is 0 Å². The fraction of sp³-hybridized carbons (Fsp3) is 0.750. The van der Waals surface area contributed by atoms with E-state index in [1.807, 2.05) is 26.2 Å². The van der Waals surface area contributed by atoms with Crippen molar-refractivity contribution in [2.24, 2.45) is 0 Å². The summed E-state index contributed by atoms with van der Waals surface area (Å²) < 4.78 is 5.17. The molecule has 1 aliphatic heterocycles. The van der Waals surface area contributed by atoms with Crippen LogP contribution in [0.2, 0.25) is 0 Å². The topological polar surface area (TPSA) is 42.4 Å². The Bertz CT molecular complexity index is 498. The monoisotopic (exact) mass is 310 g/mol. The van der Waals surface area contributed by atoms with Gasteiger partial charge >= 0.3 is 5.97 Å². The molecule has 0 aromatic carbocycles. The average molecular weight is 310 g/mol. The third-order valence-electron chi connectivity index (χ3n) is 4.40. The molecule has 21 heavy (non-hydrogen) atoms. The number of rotatable bonds is 5. The summed E-state index contributed by atoms with van der Waals surface area (Å²) in [7, 11) is 0. The van der Waals surface area contributed by atoms with E-state index in [0.717, 1.165) is 17.2 Å². The number of ether oxygens (including phenoxy) is 1. The van der Waals surface area contributed by atoms with Crippen molar-refractivity contribution in [3.05, 3.63) is 11.1 Å². The Labute approximate surface area is 131 Å². The highest BCUT2D eigenvalue weighted by Crippen LogP contribution is 2.36. The van der Waals surface area contributed by atoms with Crippen LogP contribution in [0, 0.1) is 0 Å². The predicted molar refractivity (Wildman–Crippen MR) is 87.0 cm³/mol. The summed E-state index contributed by atoms with van der Waals surface area (Å²) in [5.41, 5.74) is 0.130. The molecule has 0 N–H and O–H groups in total. The Kier molecular flexibility index (Phi) is 4.91. The molecule has 0 amide bonds. The highest BCUT2D eigenvalue weighted by atomic mass is 32.1. The summed E-state index contributed by atoms with van der Waals surface area (Å²) in [6.07, 6.45) is 3.59. The van der Waals surface area contributed by atoms with Gasteiger partial charge in [-0.3, -0.25) is 4.79 Å². The maximum absolute atomic E-state index is 12.1. The third-order valence-corrected chi connectivity index (χ3v) is 5.25. The van der Waals surface area contributed by atoms with Gasteiger partial charge in [0, 0.05) is 17.5 Å². The van der Waals surface area contributed by atoms with Crippen LogP contribution >= 0.6 is 11.3 Å². The van der Waals surface area contributed by atoms with E-state index in [9.17, 15) is 4.79 Å². The van der Waals surface area contributed by atoms with E-state index < -0.39 is 5.41 Å². The molecule has 1 aromatic rings. The van der Waals surface area contributed by atoms with Gasteiger partial charge in [0.25, 0.3) is 0 Å². The van der Waals surface area contributed by atoms with Crippen LogP contribution in [-0.4, -0.2) is 29.6 Å². The van der Waals surface area contributed by atoms with Crippen LogP contribution in [0.1, 0.15) is 59.6 Å². The number of thiazole rings is 1. The SMILES string of the molecule is CCOC(=O)C(C)(C)c1csc(N2C(C)CCC2CC)n1. The van der Waals surface area contributed by atoms with E-state index >= 15 is 0 Å². The molecule has 1 aliphatic rings. The van der Waals surface area contributed by atoms with E-state index in [-0.39, 0.29) is 5.97 Å². The number of hydrogen-bond donors (Lipinski definition) is 0. The molecule has 0 aliphatic carbocycles. The molecule has 0 saturated carbocycles. The first-order chi connectivity index (χ1) is 9.91. The van der Waals surface area contributed by atoms with Crippen molar-refractivity contribution in [3.8, 4) is 0 Å². The Morgan fingerprint density at radius 3 is 2.81 bits per heavy atom. The lowest BCUT2D eigenvalue weighted by molar-refractivity contribution is -0.148. The molecule has 2 atom stereocenters. The summed E-state index contributed by atoms with van der Waals surface area (Å²) in [5, 5.41) is 3.04. The maximum atomic E-state index is 12.1. The number of nitrogens with zero attached hydrogens (tertiary/aromatic N) is 2. The first kappa shape index (κ1) is 16.3. The highest BCUT2D eigenvalue weighted by molar-refractivity contribution is 7.13. The smallest absolute Gasteiger partial charge is 0.317 e. The lowest BCUT2D eigenvalue weighted by Crippen LogP contribution is -2.35. The summed E-state index contributed by atoms with van der Waals surface area (Å²) in [4.78, 5) is 19.3. The first-order valence-electron chi connectivity index (χ1n) is 7.83. The molecule has 2 rings (SSSR count). The van der Waals surface area contributed by atoms with Crippen molar-refractivity contribution in [1.82, 2.24) is 4.98 Å². The van der Waals surface area contributed by atoms with Crippen molar-refractivity contribution in [2.75, 3.05) is 11.5 Å². The van der Waals surface area contributed by atoms with Gasteiger partial charge < -0.3 is 9.64 Å². The van der Waals surface area contributed by atoms with Gasteiger partial charge in [0.05, 0.1) is 12.3 Å². The second kappa shape index (κ2) is 6.34. The summed E-state index contributed by atoms with van der Waals surface area (Å²) >= 11 is 1.64. The van der Waals surface area contributed by atoms with Gasteiger partial charge in [-0.15, -0.1) is 11.3 Å². The zero-order chi connectivity index (χ0) is 15.6. The fourth-order valence-corrected chi connectivity index (χ4v) is 4.07. The Hall–Kier alpha value is -1.10. The zero-order valence-electron chi connectivity index (χ0n) is 13.7. The average Bonchev–Trinajstić information content (AvgIpc) is 3.05. The van der Waals surface area contributed by atoms with Gasteiger partial charge in [-0.05, 0) is 47.0 Å². The molecule has 1 saturated heterocycles. The standard InChI is InChI=1S/C16H26N2O2S/c1-6-12-9-8-11(3)18(12)15-17-13(10-21-15)16(4,5)14(19)20-7-2/h10-12H,6-9H2,1-5H3. The highest BCUT2D eigenvalue weighted by Gasteiger charge is 2.36. The lowest BCUT2D eigenvalue weighted by atomic mass is 9.90. The molecule has 0 spiro atoms. The van der Waals surface area contributed by atoms with Crippen LogP contribution in [-0.2, 0) is 14.9 Å². The Balaban J connectivity index is 2.23. The Morgan fingerprint density at radius 2 is 2.19 bits per heavy atom. The molecule has 2 unspecified atom stereocenters. The molecule has 118 valence electrons. The number of esters is 1. The fourth-order valence-electron chi connectivity index (χ4n) is 2.90. The maximum Gasteiger partial charge on any atom is 0.317 e. The first-order valence-corrected chi connectivity index (χ1v) is 8.71. The minimum absolute atomic E-state index is 0.205. The number of hydrogen-bond acceptors (Lipinski definition) is 5. The van der Waals surface area contributed by atoms with Crippen LogP contribution in [0.25, 0.3) is 0 Å². The molecule has 4 nitrogen and oxygen atoms in total. The van der Waals surface area contributed by atoms with Crippen LogP contribution in [0.5, 0.6) is 0 Å². The van der Waals surface area contributed by atoms with E-state index in [1.54, 1.807) is 11.3 Å². The normalized spacial score (nSPS) is 22.6. The van der Waals surface area contributed by atoms with Gasteiger partial charge in [-0.1, -0.05) is 6.92 Å². The van der Waals surface area contributed by atoms with Gasteiger partial charge in [-0.25, -0.2) is 4.98 Å². The summed E-state index contributed by atoms with van der Waals surface area (Å²) in [6, 6.07) is 1.10. The minimum Gasteiger partial charge on any atom is -0.465 e. The molecule has 1 fully saturated rings. The number of carbonyl (C=O) groups excluding carboxylic acids is 1. The molecular formula is C16H26N2O2S. The molecule has 0 radical (unpaired) electrons. The molecule has 1 aromatic heterocycles. The Morgan fingerprint density at radius 1 is 1.48 bits per heavy atom. The lowest BCUT2D eigenvalue weighted by Gasteiger charge is -2.27. The third kappa shape index (κ3) is 3.07. The molecule has 0 bridgehead atoms. The summed E-state index contributed by atoms with van der Waals surface area (Å²) in [6.45, 7) is 10.5. The van der Waals surface area contributed by atoms with Gasteiger partial charge in [-0.2, -0.15) is 0 Å². The van der Waals surface area contributed by atoms with Crippen LogP contribution in [0.4, 0.5) is 5.13 Å². The largest absolute Gasteiger partial charge is 0.465 e. The quantitative estimate of drug-likeness (QED) is 0.777. The minimum atomic E-state index is -0.685. The second-order valence-electron chi connectivity index (χ2n) is 6.26. The van der Waals surface area contributed by atoms with Crippen molar-refractivity contribution in [1.29, 1.82) is 0 Å². The molecular weight excluding hydrogens is 284 g/mol. The number of aromatic nitrogens is 1. The van der Waals surface area contributed by atoms with E-state index in [2.05, 4.69) is 18.7 Å². The number of carbonyl (C=O) groups is 1. The van der Waals surface area contributed by atoms with Crippen LogP contribution in [0.3, 0.4) is 0 Å². The van der Waals surface area contributed by atoms with Crippen molar-refractivity contribution < 1.29 is 9.53 Å². The second-order valence-corrected chi connectivity index (χ2v) is 7.09. The number of anilines is 1. The van der Waals surface area contributed by atoms with Crippen molar-refractivity contribution >= 4 is 22.4 Å². The van der Waals surface area contributed by atoms with Gasteiger partial charge in [0.15, 0.2) is 5.13 Å². The van der Waals surface area contributed by atoms with E-state index in [0.29, 0.717) is 18.7 Å². The molecule has 2 heterocycles. The van der Waals surface area contributed by atoms with Crippen molar-refractivity contribution in [2.45, 2.75) is 71.4 Å². The van der Waals surface area contributed by atoms with E-state index in [4.69, 9.17) is 9.72 Å². The van der Waals surface area contributed by atoms with E-state index in [1.165, 1.54) is 12.8 Å².